The number of nitrogens with one attached hydrogen (secondary N) is 1. The Morgan fingerprint density at radius 1 is 1.40 bits per heavy atom. The van der Waals surface area contributed by atoms with Gasteiger partial charge < -0.3 is 23.2 Å². The SMILES string of the molecule is [Cl-].[NH3+]CCNC(C(=O)O)c1ccccc1. The molecule has 0 spiro atoms. The summed E-state index contributed by atoms with van der Waals surface area (Å²) in [5.74, 6) is -0.857. The van der Waals surface area contributed by atoms with E-state index in [-0.39, 0.29) is 12.4 Å². The van der Waals surface area contributed by atoms with Crippen LogP contribution >= 0.6 is 0 Å². The van der Waals surface area contributed by atoms with Crippen LogP contribution in [0.1, 0.15) is 11.6 Å². The van der Waals surface area contributed by atoms with E-state index in [9.17, 15) is 4.79 Å². The summed E-state index contributed by atoms with van der Waals surface area (Å²) in [7, 11) is 0. The molecular formula is C10H15ClN2O2. The number of aliphatic carboxylic acids is 1. The molecule has 0 fully saturated rings. The van der Waals surface area contributed by atoms with Gasteiger partial charge in [0.25, 0.3) is 0 Å². The predicted molar refractivity (Wildman–Crippen MR) is 52.6 cm³/mol. The van der Waals surface area contributed by atoms with Gasteiger partial charge in [-0.15, -0.1) is 0 Å². The Bertz CT molecular complexity index is 293. The molecule has 1 unspecified atom stereocenters. The number of halogens is 1. The van der Waals surface area contributed by atoms with Crippen molar-refractivity contribution in [2.45, 2.75) is 6.04 Å². The van der Waals surface area contributed by atoms with Crippen LogP contribution in [0.4, 0.5) is 0 Å². The first kappa shape index (κ1) is 13.9. The lowest BCUT2D eigenvalue weighted by Crippen LogP contribution is -3.00. The van der Waals surface area contributed by atoms with Gasteiger partial charge in [0.2, 0.25) is 0 Å². The molecule has 1 aromatic carbocycles. The molecule has 1 aromatic rings. The number of benzene rings is 1. The molecule has 0 aliphatic rings. The molecule has 1 atom stereocenters. The zero-order valence-electron chi connectivity index (χ0n) is 8.32. The normalized spacial score (nSPS) is 11.5. The topological polar surface area (TPSA) is 77.0 Å². The second-order valence-electron chi connectivity index (χ2n) is 2.99. The van der Waals surface area contributed by atoms with E-state index in [1.807, 2.05) is 18.2 Å². The van der Waals surface area contributed by atoms with Gasteiger partial charge in [0.1, 0.15) is 6.04 Å². The highest BCUT2D eigenvalue weighted by Gasteiger charge is 2.17. The first-order chi connectivity index (χ1) is 6.75. The molecule has 0 saturated carbocycles. The van der Waals surface area contributed by atoms with Crippen molar-refractivity contribution in [3.63, 3.8) is 0 Å². The Morgan fingerprint density at radius 2 is 2.00 bits per heavy atom. The second-order valence-corrected chi connectivity index (χ2v) is 2.99. The molecule has 0 radical (unpaired) electrons. The van der Waals surface area contributed by atoms with Gasteiger partial charge in [-0.1, -0.05) is 30.3 Å². The zero-order valence-corrected chi connectivity index (χ0v) is 9.07. The first-order valence-corrected chi connectivity index (χ1v) is 4.56. The molecule has 84 valence electrons. The number of hydrogen-bond acceptors (Lipinski definition) is 2. The van der Waals surface area contributed by atoms with E-state index in [1.165, 1.54) is 0 Å². The molecule has 0 amide bonds. The highest BCUT2D eigenvalue weighted by atomic mass is 35.5. The summed E-state index contributed by atoms with van der Waals surface area (Å²) >= 11 is 0. The van der Waals surface area contributed by atoms with Crippen LogP contribution in [0.25, 0.3) is 0 Å². The number of carboxylic acids is 1. The van der Waals surface area contributed by atoms with Gasteiger partial charge in [-0.2, -0.15) is 0 Å². The molecule has 4 nitrogen and oxygen atoms in total. The zero-order chi connectivity index (χ0) is 10.4. The van der Waals surface area contributed by atoms with Crippen LogP contribution < -0.4 is 23.5 Å². The van der Waals surface area contributed by atoms with Gasteiger partial charge in [-0.3, -0.25) is 10.1 Å². The van der Waals surface area contributed by atoms with E-state index in [1.54, 1.807) is 12.1 Å². The third-order valence-corrected chi connectivity index (χ3v) is 1.91. The third-order valence-electron chi connectivity index (χ3n) is 1.91. The van der Waals surface area contributed by atoms with Crippen molar-refractivity contribution in [2.75, 3.05) is 13.1 Å². The van der Waals surface area contributed by atoms with Crippen molar-refractivity contribution in [3.05, 3.63) is 35.9 Å². The maximum Gasteiger partial charge on any atom is 0.325 e. The highest BCUT2D eigenvalue weighted by molar-refractivity contribution is 5.75. The minimum absolute atomic E-state index is 0. The average Bonchev–Trinajstić information content (AvgIpc) is 2.19. The summed E-state index contributed by atoms with van der Waals surface area (Å²) in [4.78, 5) is 10.9. The van der Waals surface area contributed by atoms with E-state index >= 15 is 0 Å². The number of carboxylic acid groups (broad SMARTS) is 1. The quantitative estimate of drug-likeness (QED) is 0.495. The molecule has 5 N–H and O–H groups in total. The molecular weight excluding hydrogens is 216 g/mol. The Labute approximate surface area is 94.9 Å². The van der Waals surface area contributed by atoms with E-state index in [2.05, 4.69) is 11.1 Å². The number of rotatable bonds is 5. The molecule has 0 aliphatic carbocycles. The largest absolute Gasteiger partial charge is 1.00 e. The lowest BCUT2D eigenvalue weighted by Gasteiger charge is -2.13. The summed E-state index contributed by atoms with van der Waals surface area (Å²) in [5.41, 5.74) is 4.43. The standard InChI is InChI=1S/C10H14N2O2.ClH/c11-6-7-12-9(10(13)14)8-4-2-1-3-5-8;/h1-5,9,12H,6-7,11H2,(H,13,14);1H. The fourth-order valence-electron chi connectivity index (χ4n) is 1.24. The molecule has 0 saturated heterocycles. The van der Waals surface area contributed by atoms with Crippen LogP contribution in [0, 0.1) is 0 Å². The number of carbonyl (C=O) groups is 1. The molecule has 0 bridgehead atoms. The first-order valence-electron chi connectivity index (χ1n) is 4.56. The smallest absolute Gasteiger partial charge is 0.325 e. The molecule has 0 aromatic heterocycles. The van der Waals surface area contributed by atoms with Crippen LogP contribution in [-0.4, -0.2) is 24.2 Å². The van der Waals surface area contributed by atoms with Crippen molar-refractivity contribution in [1.29, 1.82) is 0 Å². The maximum absolute atomic E-state index is 10.9. The van der Waals surface area contributed by atoms with Crippen LogP contribution in [0.2, 0.25) is 0 Å². The predicted octanol–water partition coefficient (Wildman–Crippen LogP) is -3.35. The maximum atomic E-state index is 10.9. The van der Waals surface area contributed by atoms with Gasteiger partial charge in [0, 0.05) is 6.54 Å². The van der Waals surface area contributed by atoms with E-state index in [0.29, 0.717) is 13.1 Å². The lowest BCUT2D eigenvalue weighted by atomic mass is 10.1. The average molecular weight is 231 g/mol. The van der Waals surface area contributed by atoms with Gasteiger partial charge in [0.15, 0.2) is 0 Å². The molecule has 15 heavy (non-hydrogen) atoms. The molecule has 1 rings (SSSR count). The Morgan fingerprint density at radius 3 is 2.47 bits per heavy atom. The van der Waals surface area contributed by atoms with Crippen molar-refractivity contribution in [2.24, 2.45) is 0 Å². The monoisotopic (exact) mass is 230 g/mol. The van der Waals surface area contributed by atoms with E-state index in [0.717, 1.165) is 5.56 Å². The second kappa shape index (κ2) is 7.23. The van der Waals surface area contributed by atoms with Crippen molar-refractivity contribution in [1.82, 2.24) is 5.32 Å². The van der Waals surface area contributed by atoms with E-state index in [4.69, 9.17) is 5.11 Å². The fraction of sp³-hybridized carbons (Fsp3) is 0.300. The van der Waals surface area contributed by atoms with Crippen molar-refractivity contribution in [3.8, 4) is 0 Å². The van der Waals surface area contributed by atoms with E-state index < -0.39 is 12.0 Å². The van der Waals surface area contributed by atoms with Gasteiger partial charge >= 0.3 is 5.97 Å². The summed E-state index contributed by atoms with van der Waals surface area (Å²) in [6.07, 6.45) is 0. The summed E-state index contributed by atoms with van der Waals surface area (Å²) in [5, 5.41) is 11.9. The Kier molecular flexibility index (Phi) is 6.70. The Hall–Kier alpha value is -1.10. The highest BCUT2D eigenvalue weighted by Crippen LogP contribution is 2.11. The summed E-state index contributed by atoms with van der Waals surface area (Å²) in [6, 6.07) is 8.50. The Balaban J connectivity index is 0.00000196. The van der Waals surface area contributed by atoms with Crippen LogP contribution in [0.5, 0.6) is 0 Å². The number of hydrogen-bond donors (Lipinski definition) is 3. The molecule has 0 heterocycles. The lowest BCUT2D eigenvalue weighted by molar-refractivity contribution is -0.365. The van der Waals surface area contributed by atoms with Crippen LogP contribution in [0.15, 0.2) is 30.3 Å². The summed E-state index contributed by atoms with van der Waals surface area (Å²) in [6.45, 7) is 1.28. The van der Waals surface area contributed by atoms with Crippen molar-refractivity contribution >= 4 is 5.97 Å². The van der Waals surface area contributed by atoms with Gasteiger partial charge in [-0.25, -0.2) is 0 Å². The number of quaternary nitrogens is 1. The minimum atomic E-state index is -0.857. The molecule has 0 aliphatic heterocycles. The van der Waals surface area contributed by atoms with Gasteiger partial charge in [0.05, 0.1) is 6.54 Å². The minimum Gasteiger partial charge on any atom is -1.00 e. The van der Waals surface area contributed by atoms with Gasteiger partial charge in [-0.05, 0) is 5.56 Å². The fourth-order valence-corrected chi connectivity index (χ4v) is 1.24. The third kappa shape index (κ3) is 4.29. The van der Waals surface area contributed by atoms with Crippen LogP contribution in [0.3, 0.4) is 0 Å². The molecule has 5 heteroatoms. The summed E-state index contributed by atoms with van der Waals surface area (Å²) < 4.78 is 0. The van der Waals surface area contributed by atoms with Crippen LogP contribution in [-0.2, 0) is 4.79 Å². The van der Waals surface area contributed by atoms with Crippen molar-refractivity contribution < 1.29 is 28.0 Å².